The fraction of sp³-hybridized carbons (Fsp3) is 0.250. The van der Waals surface area contributed by atoms with Gasteiger partial charge in [-0.2, -0.15) is 0 Å². The summed E-state index contributed by atoms with van der Waals surface area (Å²) in [7, 11) is 0. The van der Waals surface area contributed by atoms with E-state index in [0.717, 1.165) is 0 Å². The monoisotopic (exact) mass is 240 g/mol. The van der Waals surface area contributed by atoms with Gasteiger partial charge in [0.1, 0.15) is 0 Å². The third-order valence-electron chi connectivity index (χ3n) is 2.06. The molecule has 16 heavy (non-hydrogen) atoms. The molecule has 0 amide bonds. The van der Waals surface area contributed by atoms with Gasteiger partial charge in [0.2, 0.25) is 0 Å². The number of carbonyl (C=O) groups is 1. The summed E-state index contributed by atoms with van der Waals surface area (Å²) in [6, 6.07) is 6.87. The van der Waals surface area contributed by atoms with Gasteiger partial charge in [0.25, 0.3) is 0 Å². The van der Waals surface area contributed by atoms with E-state index in [9.17, 15) is 9.90 Å². The van der Waals surface area contributed by atoms with Crippen molar-refractivity contribution in [3.05, 3.63) is 41.4 Å². The van der Waals surface area contributed by atoms with Crippen molar-refractivity contribution in [1.82, 2.24) is 0 Å². The fourth-order valence-corrected chi connectivity index (χ4v) is 1.49. The summed E-state index contributed by atoms with van der Waals surface area (Å²) in [4.78, 5) is 11.3. The van der Waals surface area contributed by atoms with Crippen molar-refractivity contribution >= 4 is 23.1 Å². The number of esters is 1. The minimum absolute atomic E-state index is 0.214. The molecule has 0 aliphatic rings. The van der Waals surface area contributed by atoms with Crippen molar-refractivity contribution < 1.29 is 14.6 Å². The molecular weight excluding hydrogens is 228 g/mol. The normalized spacial score (nSPS) is 11.9. The Balaban J connectivity index is 2.86. The second-order valence-corrected chi connectivity index (χ2v) is 3.57. The summed E-state index contributed by atoms with van der Waals surface area (Å²) in [5, 5.41) is 10.1. The fourth-order valence-electron chi connectivity index (χ4n) is 1.23. The molecule has 0 fully saturated rings. The summed E-state index contributed by atoms with van der Waals surface area (Å²) in [6.45, 7) is 5.54. The molecule has 3 nitrogen and oxygen atoms in total. The summed E-state index contributed by atoms with van der Waals surface area (Å²) < 4.78 is 4.69. The second kappa shape index (κ2) is 5.68. The lowest BCUT2D eigenvalue weighted by Crippen LogP contribution is -2.24. The predicted molar refractivity (Wildman–Crippen MR) is 63.1 cm³/mol. The summed E-state index contributed by atoms with van der Waals surface area (Å²) in [5.74, 6) is -0.715. The van der Waals surface area contributed by atoms with Crippen molar-refractivity contribution in [2.24, 2.45) is 0 Å². The summed E-state index contributed by atoms with van der Waals surface area (Å²) in [6.07, 6.45) is -1.38. The highest BCUT2D eigenvalue weighted by Crippen LogP contribution is 2.25. The molecule has 0 saturated heterocycles. The first-order chi connectivity index (χ1) is 7.57. The van der Waals surface area contributed by atoms with Crippen LogP contribution in [-0.4, -0.2) is 23.8 Å². The first-order valence-electron chi connectivity index (χ1n) is 4.86. The van der Waals surface area contributed by atoms with Crippen LogP contribution in [0.15, 0.2) is 30.8 Å². The zero-order chi connectivity index (χ0) is 12.1. The number of benzene rings is 1. The lowest BCUT2D eigenvalue weighted by Gasteiger charge is -2.13. The Morgan fingerprint density at radius 3 is 2.75 bits per heavy atom. The molecule has 0 aromatic heterocycles. The van der Waals surface area contributed by atoms with Crippen molar-refractivity contribution in [2.75, 3.05) is 6.61 Å². The molecule has 1 atom stereocenters. The molecular formula is C12H13ClO3. The number of hydrogen-bond acceptors (Lipinski definition) is 3. The number of aliphatic hydroxyl groups is 1. The topological polar surface area (TPSA) is 46.5 Å². The molecule has 1 aromatic rings. The average molecular weight is 241 g/mol. The van der Waals surface area contributed by atoms with E-state index < -0.39 is 12.1 Å². The van der Waals surface area contributed by atoms with Crippen LogP contribution in [-0.2, 0) is 9.53 Å². The molecule has 0 aliphatic carbocycles. The number of halogens is 1. The molecule has 0 aliphatic heterocycles. The summed E-state index contributed by atoms with van der Waals surface area (Å²) >= 11 is 5.92. The molecule has 0 bridgehead atoms. The zero-order valence-corrected chi connectivity index (χ0v) is 9.70. The van der Waals surface area contributed by atoms with Gasteiger partial charge in [-0.05, 0) is 24.1 Å². The van der Waals surface area contributed by atoms with Gasteiger partial charge < -0.3 is 9.84 Å². The minimum Gasteiger partial charge on any atom is -0.464 e. The average Bonchev–Trinajstić information content (AvgIpc) is 2.28. The largest absolute Gasteiger partial charge is 0.464 e. The van der Waals surface area contributed by atoms with E-state index in [2.05, 4.69) is 6.58 Å². The van der Waals surface area contributed by atoms with Crippen LogP contribution in [0.4, 0.5) is 0 Å². The van der Waals surface area contributed by atoms with Crippen molar-refractivity contribution in [2.45, 2.75) is 13.0 Å². The van der Waals surface area contributed by atoms with E-state index >= 15 is 0 Å². The highest BCUT2D eigenvalue weighted by molar-refractivity contribution is 6.32. The molecule has 0 heterocycles. The first kappa shape index (κ1) is 12.7. The van der Waals surface area contributed by atoms with E-state index in [1.54, 1.807) is 31.2 Å². The van der Waals surface area contributed by atoms with E-state index in [0.29, 0.717) is 10.6 Å². The molecule has 1 unspecified atom stereocenters. The molecule has 1 rings (SSSR count). The molecule has 86 valence electrons. The standard InChI is InChI=1S/C12H13ClO3/c1-3-16-12(15)11(14)8(2)9-6-4-5-7-10(9)13/h4-7,11,14H,2-3H2,1H3. The van der Waals surface area contributed by atoms with Gasteiger partial charge in [0.05, 0.1) is 6.61 Å². The van der Waals surface area contributed by atoms with Crippen LogP contribution in [0.2, 0.25) is 5.02 Å². The lowest BCUT2D eigenvalue weighted by atomic mass is 10.0. The third kappa shape index (κ3) is 2.84. The van der Waals surface area contributed by atoms with E-state index in [1.165, 1.54) is 0 Å². The smallest absolute Gasteiger partial charge is 0.339 e. The van der Waals surface area contributed by atoms with Gasteiger partial charge in [-0.15, -0.1) is 0 Å². The van der Waals surface area contributed by atoms with Gasteiger partial charge in [0, 0.05) is 5.02 Å². The Morgan fingerprint density at radius 1 is 1.56 bits per heavy atom. The Bertz CT molecular complexity index is 401. The number of carbonyl (C=O) groups excluding carboxylic acids is 1. The second-order valence-electron chi connectivity index (χ2n) is 3.16. The first-order valence-corrected chi connectivity index (χ1v) is 5.24. The Hall–Kier alpha value is -1.32. The van der Waals surface area contributed by atoms with Crippen LogP contribution in [0.1, 0.15) is 12.5 Å². The number of hydrogen-bond donors (Lipinski definition) is 1. The van der Waals surface area contributed by atoms with E-state index in [1.807, 2.05) is 0 Å². The molecule has 0 saturated carbocycles. The zero-order valence-electron chi connectivity index (χ0n) is 8.94. The molecule has 4 heteroatoms. The maximum atomic E-state index is 11.3. The van der Waals surface area contributed by atoms with Crippen molar-refractivity contribution in [3.63, 3.8) is 0 Å². The van der Waals surface area contributed by atoms with E-state index in [-0.39, 0.29) is 12.2 Å². The summed E-state index contributed by atoms with van der Waals surface area (Å²) in [5.41, 5.74) is 0.786. The van der Waals surface area contributed by atoms with Crippen molar-refractivity contribution in [3.8, 4) is 0 Å². The maximum Gasteiger partial charge on any atom is 0.339 e. The van der Waals surface area contributed by atoms with Gasteiger partial charge in [0.15, 0.2) is 6.10 Å². The maximum absolute atomic E-state index is 11.3. The molecule has 1 N–H and O–H groups in total. The quantitative estimate of drug-likeness (QED) is 0.822. The molecule has 0 spiro atoms. The highest BCUT2D eigenvalue weighted by atomic mass is 35.5. The van der Waals surface area contributed by atoms with Crippen LogP contribution in [0.5, 0.6) is 0 Å². The van der Waals surface area contributed by atoms with Gasteiger partial charge in [-0.1, -0.05) is 36.4 Å². The number of ether oxygens (including phenoxy) is 1. The third-order valence-corrected chi connectivity index (χ3v) is 2.39. The lowest BCUT2D eigenvalue weighted by molar-refractivity contribution is -0.149. The SMILES string of the molecule is C=C(c1ccccc1Cl)C(O)C(=O)OCC. The number of rotatable bonds is 4. The van der Waals surface area contributed by atoms with Crippen LogP contribution < -0.4 is 0 Å². The molecule has 1 aromatic carbocycles. The van der Waals surface area contributed by atoms with Crippen LogP contribution in [0.25, 0.3) is 5.57 Å². The van der Waals surface area contributed by atoms with Crippen LogP contribution in [0.3, 0.4) is 0 Å². The minimum atomic E-state index is -1.38. The highest BCUT2D eigenvalue weighted by Gasteiger charge is 2.21. The Kier molecular flexibility index (Phi) is 4.52. The van der Waals surface area contributed by atoms with Crippen LogP contribution in [0, 0.1) is 0 Å². The van der Waals surface area contributed by atoms with Gasteiger partial charge in [-0.3, -0.25) is 0 Å². The molecule has 0 radical (unpaired) electrons. The van der Waals surface area contributed by atoms with Gasteiger partial charge >= 0.3 is 5.97 Å². The predicted octanol–water partition coefficient (Wildman–Crippen LogP) is 2.28. The van der Waals surface area contributed by atoms with Crippen molar-refractivity contribution in [1.29, 1.82) is 0 Å². The Labute approximate surface area is 99.3 Å². The van der Waals surface area contributed by atoms with Gasteiger partial charge in [-0.25, -0.2) is 4.79 Å². The van der Waals surface area contributed by atoms with E-state index in [4.69, 9.17) is 16.3 Å². The Morgan fingerprint density at radius 2 is 2.19 bits per heavy atom. The number of aliphatic hydroxyl groups excluding tert-OH is 1. The van der Waals surface area contributed by atoms with Crippen LogP contribution >= 0.6 is 11.6 Å².